The second-order valence-electron chi connectivity index (χ2n) is 18.0. The zero-order valence-electron chi connectivity index (χ0n) is 44.3. The van der Waals surface area contributed by atoms with Gasteiger partial charge in [-0.25, -0.2) is 10.9 Å². The monoisotopic (exact) mass is 1150 g/mol. The molecule has 36 heteroatoms. The van der Waals surface area contributed by atoms with Crippen LogP contribution in [0.1, 0.15) is 116 Å². The Labute approximate surface area is 463 Å². The summed E-state index contributed by atoms with van der Waals surface area (Å²) in [5.41, 5.74) is 54.9. The Bertz CT molecular complexity index is 2080. The average Bonchev–Trinajstić information content (AvgIpc) is 3.45. The van der Waals surface area contributed by atoms with Gasteiger partial charge in [0.25, 0.3) is 0 Å². The number of nitrogens with one attached hydrogen (secondary N) is 2. The van der Waals surface area contributed by atoms with Gasteiger partial charge in [-0.3, -0.25) is 43.2 Å². The molecule has 0 saturated heterocycles. The summed E-state index contributed by atoms with van der Waals surface area (Å²) in [7, 11) is 0. The normalized spacial score (nSPS) is 14.9. The maximum atomic E-state index is 14.2. The van der Waals surface area contributed by atoms with E-state index in [9.17, 15) is 86.3 Å². The maximum Gasteiger partial charge on any atom is 0.217 e. The third-order valence-corrected chi connectivity index (χ3v) is 11.6. The van der Waals surface area contributed by atoms with Gasteiger partial charge in [0.15, 0.2) is 0 Å². The predicted molar refractivity (Wildman–Crippen MR) is 274 cm³/mol. The van der Waals surface area contributed by atoms with Crippen LogP contribution in [-0.4, -0.2) is 200 Å². The molecular weight excluding hydrogens is 1080 g/mol. The third kappa shape index (κ3) is 26.6. The summed E-state index contributed by atoms with van der Waals surface area (Å²) >= 11 is 0. The van der Waals surface area contributed by atoms with E-state index in [0.29, 0.717) is 35.8 Å². The molecule has 81 heavy (non-hydrogen) atoms. The molecule has 0 rings (SSSR count). The van der Waals surface area contributed by atoms with Crippen molar-refractivity contribution in [1.82, 2.24) is 46.7 Å². The van der Waals surface area contributed by atoms with Crippen molar-refractivity contribution in [3.63, 3.8) is 0 Å². The highest BCUT2D eigenvalue weighted by molar-refractivity contribution is 5.78. The van der Waals surface area contributed by atoms with Gasteiger partial charge in [0.2, 0.25) is 53.2 Å². The second-order valence-corrected chi connectivity index (χ2v) is 18.0. The van der Waals surface area contributed by atoms with Crippen molar-refractivity contribution in [3.8, 4) is 0 Å². The number of primary amides is 9. The summed E-state index contributed by atoms with van der Waals surface area (Å²) in [5, 5.41) is 3.75. The molecule has 0 fully saturated rings. The van der Waals surface area contributed by atoms with Crippen LogP contribution in [0.2, 0.25) is 0 Å². The molecule has 0 spiro atoms. The molecular formula is C45H74N18O18. The molecule has 0 aliphatic heterocycles. The maximum absolute atomic E-state index is 14.2. The Morgan fingerprint density at radius 1 is 0.247 bits per heavy atom. The van der Waals surface area contributed by atoms with Gasteiger partial charge in [-0.2, -0.15) is 10.2 Å². The van der Waals surface area contributed by atoms with Crippen molar-refractivity contribution >= 4 is 110 Å². The van der Waals surface area contributed by atoms with Crippen LogP contribution < -0.4 is 62.5 Å². The molecule has 0 aliphatic carbocycles. The Kier molecular flexibility index (Phi) is 35.4. The first-order valence-electron chi connectivity index (χ1n) is 24.9. The minimum absolute atomic E-state index is 0.00383. The molecule has 0 aliphatic rings. The summed E-state index contributed by atoms with van der Waals surface area (Å²) in [4.78, 5) is 236. The zero-order chi connectivity index (χ0) is 61.9. The SMILES string of the molecule is NC(=O)CC[C@@H](C=O)NN([C@H](C=O)CCC(N)=O)N([C@H](C=O)CCC(N)=O)N([C@H](C=O)CCC(N)=O)N([C@H](C=O)CCC(N)=O)N([C@H](C=O)CCC(N)=O)N([C@H](C=O)CCC(N)=O)N(N[C@H](C=O)CCC(N)=O)[C@H](C=O)CCC(N)=O. The molecule has 452 valence electrons. The molecule has 0 aromatic heterocycles. The lowest BCUT2D eigenvalue weighted by Crippen LogP contribution is -2.80. The minimum atomic E-state index is -2.26. The average molecular weight is 1160 g/mol. The summed E-state index contributed by atoms with van der Waals surface area (Å²) in [6.07, 6.45) is -13.1. The first-order chi connectivity index (χ1) is 38.2. The molecule has 0 aromatic carbocycles. The van der Waals surface area contributed by atoms with E-state index in [1.807, 2.05) is 0 Å². The van der Waals surface area contributed by atoms with E-state index in [-0.39, 0.29) is 56.6 Å². The van der Waals surface area contributed by atoms with Crippen LogP contribution in [-0.2, 0) is 86.3 Å². The van der Waals surface area contributed by atoms with Crippen LogP contribution in [0, 0.1) is 0 Å². The van der Waals surface area contributed by atoms with E-state index in [0.717, 1.165) is 0 Å². The number of rotatable bonds is 53. The molecule has 0 aromatic rings. The summed E-state index contributed by atoms with van der Waals surface area (Å²) < 4.78 is 0. The predicted octanol–water partition coefficient (Wildman–Crippen LogP) is -8.90. The van der Waals surface area contributed by atoms with Crippen molar-refractivity contribution < 1.29 is 86.3 Å². The number of nitrogens with two attached hydrogens (primary N) is 9. The Morgan fingerprint density at radius 2 is 0.407 bits per heavy atom. The highest BCUT2D eigenvalue weighted by Gasteiger charge is 2.51. The van der Waals surface area contributed by atoms with E-state index in [4.69, 9.17) is 51.6 Å². The van der Waals surface area contributed by atoms with Crippen molar-refractivity contribution in [1.29, 1.82) is 0 Å². The number of hydrazine groups is 8. The summed E-state index contributed by atoms with van der Waals surface area (Å²) in [6.45, 7) is 0. The first kappa shape index (κ1) is 72.9. The Morgan fingerprint density at radius 3 is 0.580 bits per heavy atom. The summed E-state index contributed by atoms with van der Waals surface area (Å²) in [6, 6.07) is -18.4. The van der Waals surface area contributed by atoms with Gasteiger partial charge in [0.1, 0.15) is 56.6 Å². The quantitative estimate of drug-likeness (QED) is 0.0199. The van der Waals surface area contributed by atoms with E-state index < -0.39 is 223 Å². The fourth-order valence-electron chi connectivity index (χ4n) is 7.61. The lowest BCUT2D eigenvalue weighted by molar-refractivity contribution is -0.443. The van der Waals surface area contributed by atoms with Crippen molar-refractivity contribution in [2.75, 3.05) is 0 Å². The molecule has 0 radical (unpaired) electrons. The zero-order valence-corrected chi connectivity index (χ0v) is 44.3. The first-order valence-corrected chi connectivity index (χ1v) is 24.9. The Balaban J connectivity index is 10.8. The van der Waals surface area contributed by atoms with Gasteiger partial charge in [-0.05, 0) is 57.8 Å². The smallest absolute Gasteiger partial charge is 0.217 e. The number of hydrogen-bond donors (Lipinski definition) is 11. The molecule has 9 atom stereocenters. The largest absolute Gasteiger partial charge is 0.370 e. The molecule has 0 bridgehead atoms. The second kappa shape index (κ2) is 39.3. The number of nitrogens with zero attached hydrogens (tertiary/aromatic N) is 7. The highest BCUT2D eigenvalue weighted by atomic mass is 16.2. The van der Waals surface area contributed by atoms with Gasteiger partial charge >= 0.3 is 0 Å². The number of hydrogen-bond acceptors (Lipinski definition) is 27. The van der Waals surface area contributed by atoms with Crippen LogP contribution in [0.25, 0.3) is 0 Å². The molecule has 20 N–H and O–H groups in total. The molecule has 0 saturated carbocycles. The fraction of sp³-hybridized carbons (Fsp3) is 0.600. The standard InChI is InChI=1S/C45H74N18O18/c46-37(73)10-1-28(19-64)55-57(30(21-66)3-12-39(48)75)59(32(23-68)5-14-41(50)77)61(34(25-70)7-16-43(52)79)63(36(27-72)9-18-45(54)81)62(35(26-71)8-17-44(53)80)60(33(24-69)6-15-42(51)78)58(31(22-67)4-13-40(49)76)56-29(20-65)2-11-38(47)74/h19-36,55-56H,1-18H2,(H2,46,73)(H2,47,74)(H2,48,75)(H2,49,76)(H2,50,77)(H2,51,78)(H2,52,79)(H2,53,80)(H2,54,81)/t28-,29-,30-,31-,32-,33-,34-,35-,36-/m0/s1. The van der Waals surface area contributed by atoms with Crippen molar-refractivity contribution in [2.45, 2.75) is 170 Å². The highest BCUT2D eigenvalue weighted by Crippen LogP contribution is 2.32. The summed E-state index contributed by atoms with van der Waals surface area (Å²) in [5.74, 6) is -9.91. The van der Waals surface area contributed by atoms with Crippen molar-refractivity contribution in [3.05, 3.63) is 0 Å². The minimum Gasteiger partial charge on any atom is -0.370 e. The number of carbonyl (C=O) groups excluding carboxylic acids is 18. The van der Waals surface area contributed by atoms with E-state index >= 15 is 0 Å². The van der Waals surface area contributed by atoms with E-state index in [2.05, 4.69) is 10.9 Å². The van der Waals surface area contributed by atoms with Crippen LogP contribution in [0.4, 0.5) is 0 Å². The fourth-order valence-corrected chi connectivity index (χ4v) is 7.61. The van der Waals surface area contributed by atoms with Gasteiger partial charge in [-0.15, -0.1) is 25.6 Å². The van der Waals surface area contributed by atoms with Gasteiger partial charge in [0.05, 0.1) is 54.4 Å². The van der Waals surface area contributed by atoms with Crippen LogP contribution in [0.15, 0.2) is 0 Å². The Hall–Kier alpha value is -8.10. The lowest BCUT2D eigenvalue weighted by atomic mass is 10.1. The molecule has 36 nitrogen and oxygen atoms in total. The molecule has 0 unspecified atom stereocenters. The van der Waals surface area contributed by atoms with E-state index in [1.165, 1.54) is 0 Å². The van der Waals surface area contributed by atoms with Crippen LogP contribution >= 0.6 is 0 Å². The topological polar surface area (TPSA) is 588 Å². The van der Waals surface area contributed by atoms with Crippen LogP contribution in [0.3, 0.4) is 0 Å². The number of amides is 9. The van der Waals surface area contributed by atoms with Crippen molar-refractivity contribution in [2.24, 2.45) is 51.6 Å². The van der Waals surface area contributed by atoms with Gasteiger partial charge in [-0.1, -0.05) is 0 Å². The van der Waals surface area contributed by atoms with Crippen LogP contribution in [0.5, 0.6) is 0 Å². The number of carbonyl (C=O) groups is 18. The molecule has 9 amide bonds. The molecule has 0 heterocycles. The number of aldehydes is 9. The van der Waals surface area contributed by atoms with Gasteiger partial charge in [0, 0.05) is 57.8 Å². The lowest BCUT2D eigenvalue weighted by Gasteiger charge is -2.59. The van der Waals surface area contributed by atoms with Gasteiger partial charge < -0.3 is 94.8 Å². The third-order valence-electron chi connectivity index (χ3n) is 11.6. The van der Waals surface area contributed by atoms with E-state index in [1.54, 1.807) is 0 Å².